The van der Waals surface area contributed by atoms with Crippen LogP contribution in [0.2, 0.25) is 0 Å². The molecule has 0 spiro atoms. The van der Waals surface area contributed by atoms with Crippen molar-refractivity contribution < 1.29 is 14.3 Å². The number of benzene rings is 1. The van der Waals surface area contributed by atoms with Crippen LogP contribution in [-0.2, 0) is 4.74 Å². The highest BCUT2D eigenvalue weighted by Gasteiger charge is 2.20. The molecule has 1 aromatic rings. The van der Waals surface area contributed by atoms with Crippen molar-refractivity contribution in [1.29, 1.82) is 0 Å². The van der Waals surface area contributed by atoms with E-state index < -0.39 is 0 Å². The number of ether oxygens (including phenoxy) is 2. The Labute approximate surface area is 150 Å². The summed E-state index contributed by atoms with van der Waals surface area (Å²) < 4.78 is 11.3. The van der Waals surface area contributed by atoms with Gasteiger partial charge in [-0.05, 0) is 44.9 Å². The molecule has 3 rings (SSSR count). The largest absolute Gasteiger partial charge is 0.491 e. The van der Waals surface area contributed by atoms with E-state index in [4.69, 9.17) is 9.47 Å². The van der Waals surface area contributed by atoms with E-state index in [0.29, 0.717) is 36.4 Å². The summed E-state index contributed by atoms with van der Waals surface area (Å²) in [5.74, 6) is 1.04. The molecule has 2 aliphatic rings. The van der Waals surface area contributed by atoms with Gasteiger partial charge >= 0.3 is 0 Å². The van der Waals surface area contributed by atoms with Crippen molar-refractivity contribution in [3.63, 3.8) is 0 Å². The molecule has 2 atom stereocenters. The van der Waals surface area contributed by atoms with Gasteiger partial charge in [0.15, 0.2) is 0 Å². The van der Waals surface area contributed by atoms with Crippen LogP contribution < -0.4 is 10.1 Å². The summed E-state index contributed by atoms with van der Waals surface area (Å²) in [7, 11) is 0. The Hall–Kier alpha value is -1.59. The third kappa shape index (κ3) is 5.19. The molecule has 2 heterocycles. The van der Waals surface area contributed by atoms with Gasteiger partial charge in [0.25, 0.3) is 5.91 Å². The van der Waals surface area contributed by atoms with Gasteiger partial charge in [-0.3, -0.25) is 9.69 Å². The lowest BCUT2D eigenvalue weighted by Gasteiger charge is -2.33. The van der Waals surface area contributed by atoms with Crippen LogP contribution in [0.15, 0.2) is 24.3 Å². The molecule has 5 nitrogen and oxygen atoms in total. The van der Waals surface area contributed by atoms with E-state index in [1.807, 2.05) is 24.3 Å². The predicted octanol–water partition coefficient (Wildman–Crippen LogP) is 2.71. The van der Waals surface area contributed by atoms with Crippen molar-refractivity contribution in [3.8, 4) is 5.75 Å². The van der Waals surface area contributed by atoms with Crippen molar-refractivity contribution in [2.45, 2.75) is 38.6 Å². The third-order valence-corrected chi connectivity index (χ3v) is 5.28. The van der Waals surface area contributed by atoms with Gasteiger partial charge in [-0.25, -0.2) is 0 Å². The Morgan fingerprint density at radius 3 is 3.00 bits per heavy atom. The lowest BCUT2D eigenvalue weighted by molar-refractivity contribution is 0.0937. The quantitative estimate of drug-likeness (QED) is 0.825. The second kappa shape index (κ2) is 9.20. The molecule has 0 radical (unpaired) electrons. The van der Waals surface area contributed by atoms with E-state index >= 15 is 0 Å². The number of amides is 1. The molecule has 5 heteroatoms. The van der Waals surface area contributed by atoms with E-state index in [1.165, 1.54) is 19.3 Å². The first-order valence-electron chi connectivity index (χ1n) is 9.56. The molecule has 2 fully saturated rings. The standard InChI is InChI=1S/C20H30N2O3/c1-16-6-4-5-10-22(16)11-13-25-19-8-3-2-7-18(19)20(23)21-14-17-9-12-24-15-17/h2-3,7-8,16-17H,4-6,9-15H2,1H3,(H,21,23)/t16-,17+/m1/s1. The Morgan fingerprint density at radius 2 is 2.20 bits per heavy atom. The number of likely N-dealkylation sites (tertiary alicyclic amines) is 1. The molecule has 0 saturated carbocycles. The van der Waals surface area contributed by atoms with Crippen LogP contribution in [0, 0.1) is 5.92 Å². The number of para-hydroxylation sites is 1. The average molecular weight is 346 g/mol. The highest BCUT2D eigenvalue weighted by molar-refractivity contribution is 5.96. The molecule has 1 aromatic carbocycles. The lowest BCUT2D eigenvalue weighted by Crippen LogP contribution is -2.40. The van der Waals surface area contributed by atoms with E-state index in [2.05, 4.69) is 17.1 Å². The monoisotopic (exact) mass is 346 g/mol. The van der Waals surface area contributed by atoms with Gasteiger partial charge in [0.1, 0.15) is 12.4 Å². The summed E-state index contributed by atoms with van der Waals surface area (Å²) in [4.78, 5) is 15.0. The maximum atomic E-state index is 12.5. The van der Waals surface area contributed by atoms with Crippen LogP contribution in [0.25, 0.3) is 0 Å². The zero-order valence-electron chi connectivity index (χ0n) is 15.2. The number of nitrogens with zero attached hydrogens (tertiary/aromatic N) is 1. The van der Waals surface area contributed by atoms with E-state index in [0.717, 1.165) is 32.7 Å². The van der Waals surface area contributed by atoms with Gasteiger partial charge in [0.2, 0.25) is 0 Å². The van der Waals surface area contributed by atoms with Crippen LogP contribution in [0.1, 0.15) is 43.0 Å². The van der Waals surface area contributed by atoms with E-state index in [-0.39, 0.29) is 5.91 Å². The number of piperidine rings is 1. The number of rotatable bonds is 7. The van der Waals surface area contributed by atoms with Crippen molar-refractivity contribution in [2.24, 2.45) is 5.92 Å². The van der Waals surface area contributed by atoms with Gasteiger partial charge in [0.05, 0.1) is 12.2 Å². The summed E-state index contributed by atoms with van der Waals surface area (Å²) in [6.45, 7) is 7.17. The van der Waals surface area contributed by atoms with Crippen LogP contribution in [0.3, 0.4) is 0 Å². The van der Waals surface area contributed by atoms with Crippen LogP contribution in [-0.4, -0.2) is 56.3 Å². The number of hydrogen-bond donors (Lipinski definition) is 1. The molecule has 0 aliphatic carbocycles. The van der Waals surface area contributed by atoms with Crippen molar-refractivity contribution >= 4 is 5.91 Å². The second-order valence-corrected chi connectivity index (χ2v) is 7.17. The molecule has 25 heavy (non-hydrogen) atoms. The molecule has 138 valence electrons. The first kappa shape index (κ1) is 18.2. The van der Waals surface area contributed by atoms with Gasteiger partial charge in [-0.15, -0.1) is 0 Å². The molecular formula is C20H30N2O3. The number of hydrogen-bond acceptors (Lipinski definition) is 4. The molecular weight excluding hydrogens is 316 g/mol. The zero-order chi connectivity index (χ0) is 17.5. The fourth-order valence-corrected chi connectivity index (χ4v) is 3.62. The molecule has 0 bridgehead atoms. The van der Waals surface area contributed by atoms with Crippen LogP contribution in [0.5, 0.6) is 5.75 Å². The normalized spacial score (nSPS) is 24.2. The molecule has 0 unspecified atom stereocenters. The zero-order valence-corrected chi connectivity index (χ0v) is 15.2. The Morgan fingerprint density at radius 1 is 1.32 bits per heavy atom. The molecule has 2 aliphatic heterocycles. The third-order valence-electron chi connectivity index (χ3n) is 5.28. The average Bonchev–Trinajstić information content (AvgIpc) is 3.15. The second-order valence-electron chi connectivity index (χ2n) is 7.17. The highest BCUT2D eigenvalue weighted by Crippen LogP contribution is 2.20. The maximum absolute atomic E-state index is 12.5. The Kier molecular flexibility index (Phi) is 6.70. The summed E-state index contributed by atoms with van der Waals surface area (Å²) >= 11 is 0. The van der Waals surface area contributed by atoms with Crippen LogP contribution in [0.4, 0.5) is 0 Å². The minimum atomic E-state index is -0.0613. The van der Waals surface area contributed by atoms with E-state index in [1.54, 1.807) is 0 Å². The fraction of sp³-hybridized carbons (Fsp3) is 0.650. The molecule has 1 N–H and O–H groups in total. The highest BCUT2D eigenvalue weighted by atomic mass is 16.5. The molecule has 2 saturated heterocycles. The van der Waals surface area contributed by atoms with E-state index in [9.17, 15) is 4.79 Å². The van der Waals surface area contributed by atoms with Gasteiger partial charge in [-0.2, -0.15) is 0 Å². The smallest absolute Gasteiger partial charge is 0.255 e. The van der Waals surface area contributed by atoms with Gasteiger partial charge in [0, 0.05) is 31.7 Å². The summed E-state index contributed by atoms with van der Waals surface area (Å²) in [5, 5.41) is 3.02. The van der Waals surface area contributed by atoms with Gasteiger partial charge < -0.3 is 14.8 Å². The number of carbonyl (C=O) groups excluding carboxylic acids is 1. The number of carbonyl (C=O) groups is 1. The minimum absolute atomic E-state index is 0.0613. The Balaban J connectivity index is 1.50. The Bertz CT molecular complexity index is 558. The van der Waals surface area contributed by atoms with Crippen LogP contribution >= 0.6 is 0 Å². The molecule has 0 aromatic heterocycles. The van der Waals surface area contributed by atoms with Crippen molar-refractivity contribution in [1.82, 2.24) is 10.2 Å². The predicted molar refractivity (Wildman–Crippen MR) is 98.1 cm³/mol. The SMILES string of the molecule is C[C@@H]1CCCCN1CCOc1ccccc1C(=O)NC[C@@H]1CCOC1. The summed E-state index contributed by atoms with van der Waals surface area (Å²) in [5.41, 5.74) is 0.619. The first-order chi connectivity index (χ1) is 12.2. The minimum Gasteiger partial charge on any atom is -0.491 e. The first-order valence-corrected chi connectivity index (χ1v) is 9.56. The van der Waals surface area contributed by atoms with Gasteiger partial charge in [-0.1, -0.05) is 18.6 Å². The fourth-order valence-electron chi connectivity index (χ4n) is 3.62. The summed E-state index contributed by atoms with van der Waals surface area (Å²) in [6.07, 6.45) is 4.89. The topological polar surface area (TPSA) is 50.8 Å². The lowest BCUT2D eigenvalue weighted by atomic mass is 10.0. The summed E-state index contributed by atoms with van der Waals surface area (Å²) in [6, 6.07) is 8.14. The number of nitrogens with one attached hydrogen (secondary N) is 1. The van der Waals surface area contributed by atoms with Crippen molar-refractivity contribution in [3.05, 3.63) is 29.8 Å². The molecule has 1 amide bonds. The maximum Gasteiger partial charge on any atom is 0.255 e. The van der Waals surface area contributed by atoms with Crippen molar-refractivity contribution in [2.75, 3.05) is 39.5 Å².